The number of hydrogen-bond acceptors (Lipinski definition) is 2. The predicted octanol–water partition coefficient (Wildman–Crippen LogP) is 0.966. The van der Waals surface area contributed by atoms with Crippen LogP contribution in [0.2, 0.25) is 0 Å². The van der Waals surface area contributed by atoms with Crippen molar-refractivity contribution in [3.05, 3.63) is 42.2 Å². The quantitative estimate of drug-likeness (QED) is 0.667. The molecule has 0 amide bonds. The largest absolute Gasteiger partial charge is 0.353 e. The molecule has 0 bridgehead atoms. The zero-order valence-electron chi connectivity index (χ0n) is 12.5. The standard InChI is InChI=1S/C14H22N6/c1-15-14(17-10-13-16-7-9-19(13)3)20(4)11-12-6-5-8-18(12)2/h5-9H,10-11H2,1-4H3,(H,15,17). The van der Waals surface area contributed by atoms with Gasteiger partial charge in [-0.3, -0.25) is 4.99 Å². The van der Waals surface area contributed by atoms with Crippen LogP contribution in [0.25, 0.3) is 0 Å². The van der Waals surface area contributed by atoms with Crippen LogP contribution in [0.4, 0.5) is 0 Å². The Bertz CT molecular complexity index is 580. The Morgan fingerprint density at radius 1 is 1.35 bits per heavy atom. The topological polar surface area (TPSA) is 50.4 Å². The summed E-state index contributed by atoms with van der Waals surface area (Å²) >= 11 is 0. The molecule has 0 aliphatic rings. The lowest BCUT2D eigenvalue weighted by Gasteiger charge is -2.22. The zero-order valence-corrected chi connectivity index (χ0v) is 12.5. The SMILES string of the molecule is CN=C(NCc1nccn1C)N(C)Cc1cccn1C. The predicted molar refractivity (Wildman–Crippen MR) is 80.3 cm³/mol. The second kappa shape index (κ2) is 6.27. The molecule has 0 saturated heterocycles. The van der Waals surface area contributed by atoms with E-state index in [2.05, 4.69) is 30.8 Å². The van der Waals surface area contributed by atoms with Crippen LogP contribution in [-0.2, 0) is 27.2 Å². The van der Waals surface area contributed by atoms with Gasteiger partial charge in [-0.2, -0.15) is 0 Å². The summed E-state index contributed by atoms with van der Waals surface area (Å²) < 4.78 is 4.11. The van der Waals surface area contributed by atoms with Gasteiger partial charge in [0.2, 0.25) is 0 Å². The van der Waals surface area contributed by atoms with Gasteiger partial charge in [0.1, 0.15) is 5.82 Å². The molecule has 2 aromatic rings. The second-order valence-electron chi connectivity index (χ2n) is 4.82. The van der Waals surface area contributed by atoms with Crippen molar-refractivity contribution in [1.82, 2.24) is 24.3 Å². The minimum Gasteiger partial charge on any atom is -0.353 e. The van der Waals surface area contributed by atoms with E-state index in [0.29, 0.717) is 6.54 Å². The van der Waals surface area contributed by atoms with Gasteiger partial charge in [0.25, 0.3) is 0 Å². The molecular formula is C14H22N6. The van der Waals surface area contributed by atoms with Crippen LogP contribution in [0.1, 0.15) is 11.5 Å². The van der Waals surface area contributed by atoms with Gasteiger partial charge in [-0.1, -0.05) is 0 Å². The Morgan fingerprint density at radius 2 is 2.15 bits per heavy atom. The summed E-state index contributed by atoms with van der Waals surface area (Å²) in [7, 11) is 7.86. The van der Waals surface area contributed by atoms with Crippen molar-refractivity contribution in [2.45, 2.75) is 13.1 Å². The number of nitrogens with one attached hydrogen (secondary N) is 1. The van der Waals surface area contributed by atoms with Gasteiger partial charge < -0.3 is 19.4 Å². The van der Waals surface area contributed by atoms with E-state index in [1.54, 1.807) is 13.2 Å². The molecule has 0 spiro atoms. The third-order valence-electron chi connectivity index (χ3n) is 3.35. The fourth-order valence-corrected chi connectivity index (χ4v) is 2.09. The van der Waals surface area contributed by atoms with E-state index < -0.39 is 0 Å². The normalized spacial score (nSPS) is 11.7. The molecule has 0 unspecified atom stereocenters. The number of aromatic nitrogens is 3. The summed E-state index contributed by atoms with van der Waals surface area (Å²) in [6, 6.07) is 4.16. The molecule has 0 saturated carbocycles. The fourth-order valence-electron chi connectivity index (χ4n) is 2.09. The Balaban J connectivity index is 1.95. The maximum atomic E-state index is 4.31. The first kappa shape index (κ1) is 14.2. The number of aliphatic imine (C=N–C) groups is 1. The van der Waals surface area contributed by atoms with Crippen molar-refractivity contribution in [1.29, 1.82) is 0 Å². The first-order valence-electron chi connectivity index (χ1n) is 6.60. The van der Waals surface area contributed by atoms with Crippen LogP contribution < -0.4 is 5.32 Å². The molecule has 108 valence electrons. The van der Waals surface area contributed by atoms with Crippen molar-refractivity contribution in [3.8, 4) is 0 Å². The lowest BCUT2D eigenvalue weighted by molar-refractivity contribution is 0.460. The van der Waals surface area contributed by atoms with Crippen LogP contribution in [0.5, 0.6) is 0 Å². The molecule has 2 heterocycles. The van der Waals surface area contributed by atoms with E-state index in [1.807, 2.05) is 44.2 Å². The zero-order chi connectivity index (χ0) is 14.5. The monoisotopic (exact) mass is 274 g/mol. The third-order valence-corrected chi connectivity index (χ3v) is 3.35. The highest BCUT2D eigenvalue weighted by Crippen LogP contribution is 2.04. The molecule has 0 aliphatic heterocycles. The average Bonchev–Trinajstić information content (AvgIpc) is 3.00. The van der Waals surface area contributed by atoms with E-state index in [9.17, 15) is 0 Å². The highest BCUT2D eigenvalue weighted by molar-refractivity contribution is 5.79. The number of guanidine groups is 1. The molecular weight excluding hydrogens is 252 g/mol. The minimum absolute atomic E-state index is 0.660. The van der Waals surface area contributed by atoms with Gasteiger partial charge in [0.05, 0.1) is 13.1 Å². The molecule has 2 aromatic heterocycles. The van der Waals surface area contributed by atoms with Crippen molar-refractivity contribution in [2.24, 2.45) is 19.1 Å². The van der Waals surface area contributed by atoms with Gasteiger partial charge in [0, 0.05) is 52.5 Å². The first-order valence-corrected chi connectivity index (χ1v) is 6.60. The molecule has 6 heteroatoms. The van der Waals surface area contributed by atoms with Crippen molar-refractivity contribution in [2.75, 3.05) is 14.1 Å². The van der Waals surface area contributed by atoms with Crippen molar-refractivity contribution >= 4 is 5.96 Å². The Hall–Kier alpha value is -2.24. The van der Waals surface area contributed by atoms with E-state index >= 15 is 0 Å². The summed E-state index contributed by atoms with van der Waals surface area (Å²) in [5.74, 6) is 1.84. The molecule has 1 N–H and O–H groups in total. The molecule has 6 nitrogen and oxygen atoms in total. The van der Waals surface area contributed by atoms with Gasteiger partial charge in [-0.15, -0.1) is 0 Å². The van der Waals surface area contributed by atoms with Crippen molar-refractivity contribution < 1.29 is 0 Å². The lowest BCUT2D eigenvalue weighted by Crippen LogP contribution is -2.38. The smallest absolute Gasteiger partial charge is 0.194 e. The molecule has 0 fully saturated rings. The summed E-state index contributed by atoms with van der Waals surface area (Å²) in [6.45, 7) is 1.47. The Kier molecular flexibility index (Phi) is 4.45. The number of hydrogen-bond donors (Lipinski definition) is 1. The molecule has 0 radical (unpaired) electrons. The van der Waals surface area contributed by atoms with E-state index in [0.717, 1.165) is 18.3 Å². The van der Waals surface area contributed by atoms with Crippen molar-refractivity contribution in [3.63, 3.8) is 0 Å². The molecule has 0 aromatic carbocycles. The third kappa shape index (κ3) is 3.20. The summed E-state index contributed by atoms with van der Waals surface area (Å²) in [4.78, 5) is 10.7. The molecule has 2 rings (SSSR count). The molecule has 20 heavy (non-hydrogen) atoms. The maximum absolute atomic E-state index is 4.31. The Labute approximate surface area is 119 Å². The molecule has 0 aliphatic carbocycles. The fraction of sp³-hybridized carbons (Fsp3) is 0.429. The number of rotatable bonds is 4. The van der Waals surface area contributed by atoms with Gasteiger partial charge >= 0.3 is 0 Å². The summed E-state index contributed by atoms with van der Waals surface area (Å²) in [5.41, 5.74) is 1.24. The first-order chi connectivity index (χ1) is 9.61. The summed E-state index contributed by atoms with van der Waals surface area (Å²) in [6.07, 6.45) is 5.79. The van der Waals surface area contributed by atoms with E-state index in [1.165, 1.54) is 5.69 Å². The van der Waals surface area contributed by atoms with E-state index in [4.69, 9.17) is 0 Å². The van der Waals surface area contributed by atoms with Crippen LogP contribution in [-0.4, -0.2) is 39.1 Å². The summed E-state index contributed by atoms with van der Waals surface area (Å²) in [5, 5.41) is 3.33. The van der Waals surface area contributed by atoms with E-state index in [-0.39, 0.29) is 0 Å². The molecule has 0 atom stereocenters. The second-order valence-corrected chi connectivity index (χ2v) is 4.82. The highest BCUT2D eigenvalue weighted by Gasteiger charge is 2.09. The number of aryl methyl sites for hydroxylation is 2. The van der Waals surface area contributed by atoms with Gasteiger partial charge in [-0.05, 0) is 12.1 Å². The van der Waals surface area contributed by atoms with Gasteiger partial charge in [-0.25, -0.2) is 4.98 Å². The van der Waals surface area contributed by atoms with Gasteiger partial charge in [0.15, 0.2) is 5.96 Å². The van der Waals surface area contributed by atoms with Crippen LogP contribution in [0.3, 0.4) is 0 Å². The van der Waals surface area contributed by atoms with Crippen LogP contribution >= 0.6 is 0 Å². The average molecular weight is 274 g/mol. The highest BCUT2D eigenvalue weighted by atomic mass is 15.3. The lowest BCUT2D eigenvalue weighted by atomic mass is 10.4. The number of imidazole rings is 1. The maximum Gasteiger partial charge on any atom is 0.194 e. The minimum atomic E-state index is 0.660. The van der Waals surface area contributed by atoms with Crippen LogP contribution in [0, 0.1) is 0 Å². The Morgan fingerprint density at radius 3 is 2.70 bits per heavy atom. The van der Waals surface area contributed by atoms with Crippen LogP contribution in [0.15, 0.2) is 35.7 Å². The number of nitrogens with zero attached hydrogens (tertiary/aromatic N) is 5.